The third-order valence-corrected chi connectivity index (χ3v) is 6.02. The number of anilines is 1. The maximum absolute atomic E-state index is 12.5. The molecule has 2 aromatic carbocycles. The summed E-state index contributed by atoms with van der Waals surface area (Å²) in [6.07, 6.45) is 2.20. The molecular formula is C25H32N4O3. The fourth-order valence-corrected chi connectivity index (χ4v) is 3.78. The van der Waals surface area contributed by atoms with Gasteiger partial charge >= 0.3 is 0 Å². The van der Waals surface area contributed by atoms with Gasteiger partial charge in [-0.2, -0.15) is 0 Å². The lowest BCUT2D eigenvalue weighted by Crippen LogP contribution is -2.55. The second-order valence-electron chi connectivity index (χ2n) is 8.76. The van der Waals surface area contributed by atoms with Crippen molar-refractivity contribution in [1.82, 2.24) is 15.1 Å². The standard InChI is InChI=1S/C25H32N4O3/c1-18-3-9-22(10-4-18)32-23-11-7-20(8-12-23)26-24(30)17-28-13-15-29(16-14-28)19(2)25(31)27-21-5-6-21/h3-4,7-12,19,21H,5-6,13-17H2,1-2H3,(H,26,30)(H,27,31). The lowest BCUT2D eigenvalue weighted by atomic mass is 10.2. The van der Waals surface area contributed by atoms with Crippen LogP contribution in [0.15, 0.2) is 48.5 Å². The summed E-state index contributed by atoms with van der Waals surface area (Å²) in [6, 6.07) is 15.5. The molecule has 0 aromatic heterocycles. The van der Waals surface area contributed by atoms with Crippen LogP contribution in [-0.4, -0.2) is 66.4 Å². The van der Waals surface area contributed by atoms with Crippen molar-refractivity contribution in [2.45, 2.75) is 38.8 Å². The Bertz CT molecular complexity index is 917. The van der Waals surface area contributed by atoms with Crippen LogP contribution in [0.2, 0.25) is 0 Å². The van der Waals surface area contributed by atoms with Crippen LogP contribution in [0.5, 0.6) is 11.5 Å². The molecule has 1 atom stereocenters. The van der Waals surface area contributed by atoms with E-state index in [2.05, 4.69) is 20.4 Å². The number of amides is 2. The molecule has 0 radical (unpaired) electrons. The van der Waals surface area contributed by atoms with Gasteiger partial charge in [-0.15, -0.1) is 0 Å². The molecule has 4 rings (SSSR count). The fourth-order valence-electron chi connectivity index (χ4n) is 3.78. The monoisotopic (exact) mass is 436 g/mol. The summed E-state index contributed by atoms with van der Waals surface area (Å²) in [5.41, 5.74) is 1.93. The quantitative estimate of drug-likeness (QED) is 0.666. The fraction of sp³-hybridized carbons (Fsp3) is 0.440. The van der Waals surface area contributed by atoms with E-state index in [-0.39, 0.29) is 17.9 Å². The smallest absolute Gasteiger partial charge is 0.238 e. The Morgan fingerprint density at radius 1 is 0.969 bits per heavy atom. The van der Waals surface area contributed by atoms with E-state index in [1.807, 2.05) is 62.4 Å². The van der Waals surface area contributed by atoms with Crippen LogP contribution in [0.1, 0.15) is 25.3 Å². The third kappa shape index (κ3) is 6.31. The van der Waals surface area contributed by atoms with E-state index in [9.17, 15) is 9.59 Å². The minimum Gasteiger partial charge on any atom is -0.457 e. The maximum atomic E-state index is 12.5. The molecule has 0 spiro atoms. The largest absolute Gasteiger partial charge is 0.457 e. The van der Waals surface area contributed by atoms with Gasteiger partial charge in [-0.1, -0.05) is 17.7 Å². The number of nitrogens with zero attached hydrogens (tertiary/aromatic N) is 2. The van der Waals surface area contributed by atoms with Crippen molar-refractivity contribution in [2.75, 3.05) is 38.0 Å². The van der Waals surface area contributed by atoms with Crippen LogP contribution in [-0.2, 0) is 9.59 Å². The summed E-state index contributed by atoms with van der Waals surface area (Å²) in [6.45, 7) is 7.48. The summed E-state index contributed by atoms with van der Waals surface area (Å²) >= 11 is 0. The number of piperazine rings is 1. The number of carbonyl (C=O) groups is 2. The average molecular weight is 437 g/mol. The molecule has 32 heavy (non-hydrogen) atoms. The molecule has 2 aromatic rings. The normalized spacial score (nSPS) is 18.1. The summed E-state index contributed by atoms with van der Waals surface area (Å²) in [5, 5.41) is 6.03. The zero-order valence-corrected chi connectivity index (χ0v) is 18.8. The number of carbonyl (C=O) groups excluding carboxylic acids is 2. The van der Waals surface area contributed by atoms with Crippen LogP contribution in [0.25, 0.3) is 0 Å². The Morgan fingerprint density at radius 3 is 2.16 bits per heavy atom. The molecule has 170 valence electrons. The van der Waals surface area contributed by atoms with Gasteiger partial charge in [0.15, 0.2) is 0 Å². The highest BCUT2D eigenvalue weighted by Crippen LogP contribution is 2.23. The second-order valence-corrected chi connectivity index (χ2v) is 8.76. The van der Waals surface area contributed by atoms with Crippen molar-refractivity contribution in [2.24, 2.45) is 0 Å². The zero-order valence-electron chi connectivity index (χ0n) is 18.8. The van der Waals surface area contributed by atoms with Gasteiger partial charge < -0.3 is 15.4 Å². The van der Waals surface area contributed by atoms with E-state index in [4.69, 9.17) is 4.74 Å². The van der Waals surface area contributed by atoms with Crippen molar-refractivity contribution in [1.29, 1.82) is 0 Å². The third-order valence-electron chi connectivity index (χ3n) is 6.02. The molecule has 1 unspecified atom stereocenters. The van der Waals surface area contributed by atoms with Crippen LogP contribution in [0, 0.1) is 6.92 Å². The van der Waals surface area contributed by atoms with E-state index >= 15 is 0 Å². The van der Waals surface area contributed by atoms with Gasteiger partial charge in [0, 0.05) is 37.9 Å². The molecule has 1 saturated carbocycles. The number of rotatable bonds is 8. The Labute approximate surface area is 189 Å². The number of hydrogen-bond acceptors (Lipinski definition) is 5. The first-order valence-corrected chi connectivity index (χ1v) is 11.4. The Hall–Kier alpha value is -2.90. The Kier molecular flexibility index (Phi) is 7.07. The van der Waals surface area contributed by atoms with Crippen molar-refractivity contribution < 1.29 is 14.3 Å². The lowest BCUT2D eigenvalue weighted by molar-refractivity contribution is -0.127. The summed E-state index contributed by atoms with van der Waals surface area (Å²) in [7, 11) is 0. The van der Waals surface area contributed by atoms with Crippen LogP contribution < -0.4 is 15.4 Å². The van der Waals surface area contributed by atoms with Crippen LogP contribution >= 0.6 is 0 Å². The number of aryl methyl sites for hydroxylation is 1. The van der Waals surface area contributed by atoms with Crippen molar-refractivity contribution in [3.05, 3.63) is 54.1 Å². The number of nitrogens with one attached hydrogen (secondary N) is 2. The summed E-state index contributed by atoms with van der Waals surface area (Å²) in [5.74, 6) is 1.59. The first kappa shape index (κ1) is 22.3. The predicted molar refractivity (Wildman–Crippen MR) is 125 cm³/mol. The molecule has 2 amide bonds. The van der Waals surface area contributed by atoms with Crippen molar-refractivity contribution >= 4 is 17.5 Å². The van der Waals surface area contributed by atoms with Crippen molar-refractivity contribution in [3.8, 4) is 11.5 Å². The number of benzene rings is 2. The van der Waals surface area contributed by atoms with Gasteiger partial charge in [0.05, 0.1) is 12.6 Å². The molecular weight excluding hydrogens is 404 g/mol. The Balaban J connectivity index is 1.19. The van der Waals surface area contributed by atoms with Gasteiger partial charge in [-0.25, -0.2) is 0 Å². The van der Waals surface area contributed by atoms with Gasteiger partial charge in [0.1, 0.15) is 11.5 Å². The average Bonchev–Trinajstić information content (AvgIpc) is 3.60. The van der Waals surface area contributed by atoms with E-state index in [0.717, 1.165) is 56.2 Å². The van der Waals surface area contributed by atoms with Gasteiger partial charge in [-0.05, 0) is 63.1 Å². The molecule has 7 nitrogen and oxygen atoms in total. The summed E-state index contributed by atoms with van der Waals surface area (Å²) in [4.78, 5) is 29.1. The predicted octanol–water partition coefficient (Wildman–Crippen LogP) is 3.01. The molecule has 0 bridgehead atoms. The molecule has 1 heterocycles. The molecule has 2 N–H and O–H groups in total. The lowest BCUT2D eigenvalue weighted by Gasteiger charge is -2.37. The van der Waals surface area contributed by atoms with E-state index in [1.54, 1.807) is 0 Å². The number of hydrogen-bond donors (Lipinski definition) is 2. The molecule has 1 aliphatic heterocycles. The highest BCUT2D eigenvalue weighted by molar-refractivity contribution is 5.92. The zero-order chi connectivity index (χ0) is 22.5. The first-order chi connectivity index (χ1) is 15.5. The minimum atomic E-state index is -0.118. The van der Waals surface area contributed by atoms with E-state index < -0.39 is 0 Å². The number of ether oxygens (including phenoxy) is 1. The van der Waals surface area contributed by atoms with Crippen LogP contribution in [0.4, 0.5) is 5.69 Å². The molecule has 7 heteroatoms. The topological polar surface area (TPSA) is 73.9 Å². The highest BCUT2D eigenvalue weighted by atomic mass is 16.5. The summed E-state index contributed by atoms with van der Waals surface area (Å²) < 4.78 is 5.83. The SMILES string of the molecule is Cc1ccc(Oc2ccc(NC(=O)CN3CCN(C(C)C(=O)NC4CC4)CC3)cc2)cc1. The maximum Gasteiger partial charge on any atom is 0.238 e. The van der Waals surface area contributed by atoms with Crippen molar-refractivity contribution in [3.63, 3.8) is 0 Å². The molecule has 1 aliphatic carbocycles. The van der Waals surface area contributed by atoms with E-state index in [1.165, 1.54) is 5.56 Å². The second kappa shape index (κ2) is 10.1. The van der Waals surface area contributed by atoms with Gasteiger partial charge in [0.2, 0.25) is 11.8 Å². The molecule has 1 saturated heterocycles. The van der Waals surface area contributed by atoms with Gasteiger partial charge in [-0.3, -0.25) is 19.4 Å². The highest BCUT2D eigenvalue weighted by Gasteiger charge is 2.30. The van der Waals surface area contributed by atoms with Crippen LogP contribution in [0.3, 0.4) is 0 Å². The van der Waals surface area contributed by atoms with E-state index in [0.29, 0.717) is 12.6 Å². The first-order valence-electron chi connectivity index (χ1n) is 11.4. The minimum absolute atomic E-state index is 0.0369. The molecule has 2 fully saturated rings. The Morgan fingerprint density at radius 2 is 1.56 bits per heavy atom. The van der Waals surface area contributed by atoms with Gasteiger partial charge in [0.25, 0.3) is 0 Å². The molecule has 2 aliphatic rings.